The third kappa shape index (κ3) is 3.67. The minimum Gasteiger partial charge on any atom is -0.328 e. The molecule has 1 aliphatic rings. The highest BCUT2D eigenvalue weighted by atomic mass is 19.1. The number of carbonyl (C=O) groups excluding carboxylic acids is 1. The standard InChI is InChI=1S/C14H20FN3O/c1-18(13-8-4-11(16)5-9-13)14(19)17-12-6-2-10(15)3-7-12/h2-3,6-7,11,13H,4-5,8-9,16H2,1H3,(H,17,19). The highest BCUT2D eigenvalue weighted by Crippen LogP contribution is 2.21. The van der Waals surface area contributed by atoms with Gasteiger partial charge < -0.3 is 16.0 Å². The summed E-state index contributed by atoms with van der Waals surface area (Å²) in [6.45, 7) is 0. The van der Waals surface area contributed by atoms with Crippen LogP contribution >= 0.6 is 0 Å². The van der Waals surface area contributed by atoms with Gasteiger partial charge in [-0.3, -0.25) is 0 Å². The van der Waals surface area contributed by atoms with E-state index >= 15 is 0 Å². The summed E-state index contributed by atoms with van der Waals surface area (Å²) in [5.74, 6) is -0.312. The van der Waals surface area contributed by atoms with Crippen molar-refractivity contribution in [3.63, 3.8) is 0 Å². The SMILES string of the molecule is CN(C(=O)Nc1ccc(F)cc1)C1CCC(N)CC1. The fourth-order valence-electron chi connectivity index (χ4n) is 2.40. The van der Waals surface area contributed by atoms with Gasteiger partial charge in [-0.05, 0) is 49.9 Å². The molecule has 4 nitrogen and oxygen atoms in total. The number of hydrogen-bond donors (Lipinski definition) is 2. The highest BCUT2D eigenvalue weighted by Gasteiger charge is 2.24. The average Bonchev–Trinajstić information content (AvgIpc) is 2.41. The van der Waals surface area contributed by atoms with Crippen LogP contribution < -0.4 is 11.1 Å². The number of halogens is 1. The molecule has 0 aromatic heterocycles. The van der Waals surface area contributed by atoms with E-state index in [0.717, 1.165) is 25.7 Å². The Morgan fingerprint density at radius 1 is 1.26 bits per heavy atom. The zero-order chi connectivity index (χ0) is 13.8. The Bertz CT molecular complexity index is 427. The van der Waals surface area contributed by atoms with Crippen molar-refractivity contribution in [2.75, 3.05) is 12.4 Å². The molecule has 3 N–H and O–H groups in total. The summed E-state index contributed by atoms with van der Waals surface area (Å²) < 4.78 is 12.8. The molecule has 0 spiro atoms. The molecule has 2 amide bonds. The summed E-state index contributed by atoms with van der Waals surface area (Å²) >= 11 is 0. The third-order valence-corrected chi connectivity index (χ3v) is 3.70. The van der Waals surface area contributed by atoms with Crippen LogP contribution in [0.1, 0.15) is 25.7 Å². The van der Waals surface area contributed by atoms with Gasteiger partial charge in [0.15, 0.2) is 0 Å². The van der Waals surface area contributed by atoms with Gasteiger partial charge >= 0.3 is 6.03 Å². The molecule has 0 aliphatic heterocycles. The lowest BCUT2D eigenvalue weighted by Gasteiger charge is -2.33. The van der Waals surface area contributed by atoms with Crippen LogP contribution in [0.15, 0.2) is 24.3 Å². The topological polar surface area (TPSA) is 58.4 Å². The molecule has 5 heteroatoms. The number of hydrogen-bond acceptors (Lipinski definition) is 2. The smallest absolute Gasteiger partial charge is 0.321 e. The molecule has 0 atom stereocenters. The first kappa shape index (κ1) is 13.8. The lowest BCUT2D eigenvalue weighted by molar-refractivity contribution is 0.182. The Kier molecular flexibility index (Phi) is 4.37. The van der Waals surface area contributed by atoms with Crippen molar-refractivity contribution >= 4 is 11.7 Å². The van der Waals surface area contributed by atoms with Gasteiger partial charge in [0.2, 0.25) is 0 Å². The lowest BCUT2D eigenvalue weighted by Crippen LogP contribution is -2.43. The Labute approximate surface area is 112 Å². The van der Waals surface area contributed by atoms with Gasteiger partial charge in [-0.25, -0.2) is 9.18 Å². The van der Waals surface area contributed by atoms with Crippen LogP contribution in [0.3, 0.4) is 0 Å². The molecule has 0 bridgehead atoms. The zero-order valence-corrected chi connectivity index (χ0v) is 11.1. The normalized spacial score (nSPS) is 22.9. The van der Waals surface area contributed by atoms with E-state index in [-0.39, 0.29) is 23.9 Å². The molecule has 2 rings (SSSR count). The number of urea groups is 1. The maximum absolute atomic E-state index is 12.8. The van der Waals surface area contributed by atoms with Crippen LogP contribution in [0, 0.1) is 5.82 Å². The number of rotatable bonds is 2. The van der Waals surface area contributed by atoms with Crippen molar-refractivity contribution < 1.29 is 9.18 Å². The first-order chi connectivity index (χ1) is 9.06. The zero-order valence-electron chi connectivity index (χ0n) is 11.1. The summed E-state index contributed by atoms with van der Waals surface area (Å²) in [5.41, 5.74) is 6.46. The van der Waals surface area contributed by atoms with Crippen LogP contribution in [0.25, 0.3) is 0 Å². The average molecular weight is 265 g/mol. The van der Waals surface area contributed by atoms with Crippen LogP contribution in [-0.2, 0) is 0 Å². The molecule has 1 aliphatic carbocycles. The van der Waals surface area contributed by atoms with Crippen molar-refractivity contribution in [1.29, 1.82) is 0 Å². The molecule has 1 aromatic carbocycles. The van der Waals surface area contributed by atoms with E-state index in [9.17, 15) is 9.18 Å². The maximum atomic E-state index is 12.8. The van der Waals surface area contributed by atoms with E-state index in [2.05, 4.69) is 5.32 Å². The van der Waals surface area contributed by atoms with Crippen molar-refractivity contribution in [1.82, 2.24) is 4.90 Å². The van der Waals surface area contributed by atoms with E-state index < -0.39 is 0 Å². The summed E-state index contributed by atoms with van der Waals surface area (Å²) in [4.78, 5) is 13.8. The number of nitrogens with two attached hydrogens (primary N) is 1. The fraction of sp³-hybridized carbons (Fsp3) is 0.500. The molecule has 104 valence electrons. The molecule has 1 aromatic rings. The van der Waals surface area contributed by atoms with Crippen molar-refractivity contribution in [3.05, 3.63) is 30.1 Å². The van der Waals surface area contributed by atoms with Crippen LogP contribution in [-0.4, -0.2) is 30.1 Å². The summed E-state index contributed by atoms with van der Waals surface area (Å²) in [6, 6.07) is 6.11. The van der Waals surface area contributed by atoms with Crippen molar-refractivity contribution in [2.45, 2.75) is 37.8 Å². The summed E-state index contributed by atoms with van der Waals surface area (Å²) in [5, 5.41) is 2.77. The van der Waals surface area contributed by atoms with Gasteiger partial charge in [0.05, 0.1) is 0 Å². The van der Waals surface area contributed by atoms with Gasteiger partial charge in [0.25, 0.3) is 0 Å². The van der Waals surface area contributed by atoms with E-state index in [4.69, 9.17) is 5.73 Å². The fourth-order valence-corrected chi connectivity index (χ4v) is 2.40. The van der Waals surface area contributed by atoms with Crippen LogP contribution in [0.2, 0.25) is 0 Å². The van der Waals surface area contributed by atoms with Crippen LogP contribution in [0.4, 0.5) is 14.9 Å². The largest absolute Gasteiger partial charge is 0.328 e. The molecule has 0 saturated heterocycles. The Morgan fingerprint density at radius 3 is 2.42 bits per heavy atom. The second kappa shape index (κ2) is 6.02. The Balaban J connectivity index is 1.90. The van der Waals surface area contributed by atoms with Crippen molar-refractivity contribution in [2.24, 2.45) is 5.73 Å². The third-order valence-electron chi connectivity index (χ3n) is 3.70. The molecular weight excluding hydrogens is 245 g/mol. The number of nitrogens with one attached hydrogen (secondary N) is 1. The number of amides is 2. The minimum atomic E-state index is -0.312. The maximum Gasteiger partial charge on any atom is 0.321 e. The van der Waals surface area contributed by atoms with Crippen molar-refractivity contribution in [3.8, 4) is 0 Å². The first-order valence-corrected chi connectivity index (χ1v) is 6.61. The quantitative estimate of drug-likeness (QED) is 0.863. The Hall–Kier alpha value is -1.62. The minimum absolute atomic E-state index is 0.160. The number of carbonyl (C=O) groups is 1. The Morgan fingerprint density at radius 2 is 1.84 bits per heavy atom. The van der Waals surface area contributed by atoms with E-state index in [1.165, 1.54) is 12.1 Å². The molecule has 0 unspecified atom stereocenters. The highest BCUT2D eigenvalue weighted by molar-refractivity contribution is 5.89. The number of benzene rings is 1. The van der Waals surface area contributed by atoms with E-state index in [1.54, 1.807) is 24.1 Å². The monoisotopic (exact) mass is 265 g/mol. The second-order valence-corrected chi connectivity index (χ2v) is 5.12. The summed E-state index contributed by atoms with van der Waals surface area (Å²) in [6.07, 6.45) is 3.79. The molecule has 0 radical (unpaired) electrons. The molecule has 1 saturated carbocycles. The van der Waals surface area contributed by atoms with E-state index in [0.29, 0.717) is 5.69 Å². The molecule has 19 heavy (non-hydrogen) atoms. The molecule has 1 fully saturated rings. The number of nitrogens with zero attached hydrogens (tertiary/aromatic N) is 1. The van der Waals surface area contributed by atoms with Gasteiger partial charge in [-0.15, -0.1) is 0 Å². The lowest BCUT2D eigenvalue weighted by atomic mass is 9.91. The summed E-state index contributed by atoms with van der Waals surface area (Å²) in [7, 11) is 1.79. The van der Waals surface area contributed by atoms with Gasteiger partial charge in [0, 0.05) is 24.8 Å². The molecular formula is C14H20FN3O. The predicted octanol–water partition coefficient (Wildman–Crippen LogP) is 2.56. The predicted molar refractivity (Wildman–Crippen MR) is 73.4 cm³/mol. The number of anilines is 1. The molecule has 0 heterocycles. The van der Waals surface area contributed by atoms with Gasteiger partial charge in [-0.2, -0.15) is 0 Å². The second-order valence-electron chi connectivity index (χ2n) is 5.12. The van der Waals surface area contributed by atoms with E-state index in [1.807, 2.05) is 0 Å². The van der Waals surface area contributed by atoms with Gasteiger partial charge in [-0.1, -0.05) is 0 Å². The van der Waals surface area contributed by atoms with Gasteiger partial charge in [0.1, 0.15) is 5.82 Å². The first-order valence-electron chi connectivity index (χ1n) is 6.61. The van der Waals surface area contributed by atoms with Crippen LogP contribution in [0.5, 0.6) is 0 Å².